The van der Waals surface area contributed by atoms with Crippen molar-refractivity contribution in [3.05, 3.63) is 0 Å². The first-order valence-electron chi connectivity index (χ1n) is 7.38. The number of hydrogen-bond donors (Lipinski definition) is 1. The van der Waals surface area contributed by atoms with E-state index in [1.807, 2.05) is 0 Å². The average Bonchev–Trinajstić information content (AvgIpc) is 2.04. The van der Waals surface area contributed by atoms with Crippen molar-refractivity contribution in [3.8, 4) is 0 Å². The minimum Gasteiger partial charge on any atom is -0.352 e. The van der Waals surface area contributed by atoms with E-state index in [0.717, 1.165) is 13.0 Å². The summed E-state index contributed by atoms with van der Waals surface area (Å²) in [5, 5.41) is 0. The summed E-state index contributed by atoms with van der Waals surface area (Å²) in [7, 11) is -7.93. The number of rotatable bonds is 9. The Balaban J connectivity index is 4.59. The van der Waals surface area contributed by atoms with Gasteiger partial charge in [-0.2, -0.15) is 0 Å². The quantitative estimate of drug-likeness (QED) is 0.370. The summed E-state index contributed by atoms with van der Waals surface area (Å²) in [6.45, 7) is 20.1. The average molecular weight is 356 g/mol. The first-order chi connectivity index (χ1) is 8.62. The van der Waals surface area contributed by atoms with Gasteiger partial charge in [0.1, 0.15) is 8.24 Å². The summed E-state index contributed by atoms with van der Waals surface area (Å²) in [6, 6.07) is 0. The Morgan fingerprint density at radius 1 is 0.850 bits per heavy atom. The molecule has 20 heavy (non-hydrogen) atoms. The molecule has 1 N–H and O–H groups in total. The maximum Gasteiger partial charge on any atom is 0.311 e. The van der Waals surface area contributed by atoms with Gasteiger partial charge >= 0.3 is 7.60 Å². The highest BCUT2D eigenvalue weighted by atomic mass is 31.2. The first kappa shape index (κ1) is 20.8. The van der Waals surface area contributed by atoms with E-state index in [1.165, 1.54) is 0 Å². The predicted octanol–water partition coefficient (Wildman–Crippen LogP) is 4.70. The smallest absolute Gasteiger partial charge is 0.311 e. The van der Waals surface area contributed by atoms with Crippen LogP contribution < -0.4 is 4.98 Å². The van der Waals surface area contributed by atoms with Crippen LogP contribution in [0.15, 0.2) is 0 Å². The second-order valence-corrected chi connectivity index (χ2v) is 24.7. The predicted molar refractivity (Wildman–Crippen MR) is 97.3 cm³/mol. The lowest BCUT2D eigenvalue weighted by molar-refractivity contribution is 0.381. The maximum atomic E-state index is 13.0. The minimum absolute atomic E-state index is 0.527. The second-order valence-electron chi connectivity index (χ2n) is 8.27. The molecular weight excluding hydrogens is 321 g/mol. The molecule has 0 aromatic carbocycles. The fraction of sp³-hybridized carbons (Fsp3) is 1.00. The highest BCUT2D eigenvalue weighted by molar-refractivity contribution is 7.57. The molecule has 8 heteroatoms. The van der Waals surface area contributed by atoms with E-state index >= 15 is 0 Å². The van der Waals surface area contributed by atoms with E-state index < -0.39 is 32.5 Å². The van der Waals surface area contributed by atoms with Crippen molar-refractivity contribution >= 4 is 32.5 Å². The van der Waals surface area contributed by atoms with E-state index in [-0.39, 0.29) is 0 Å². The molecule has 0 bridgehead atoms. The van der Waals surface area contributed by atoms with Gasteiger partial charge in [-0.05, 0) is 52.2 Å². The summed E-state index contributed by atoms with van der Waals surface area (Å²) in [4.78, 5) is 3.55. The summed E-state index contributed by atoms with van der Waals surface area (Å²) in [5.74, 6) is 0. The Kier molecular flexibility index (Phi) is 7.63. The van der Waals surface area contributed by atoms with Crippen LogP contribution in [0.2, 0.25) is 58.9 Å². The molecule has 0 aliphatic heterocycles. The van der Waals surface area contributed by atoms with Crippen LogP contribution >= 0.6 is 7.60 Å². The molecule has 0 saturated heterocycles. The molecule has 0 radical (unpaired) electrons. The third-order valence-corrected chi connectivity index (χ3v) is 10.9. The van der Waals surface area contributed by atoms with Crippen LogP contribution in [0, 0.1) is 0 Å². The van der Waals surface area contributed by atoms with Crippen LogP contribution in [0.4, 0.5) is 0 Å². The molecule has 0 heterocycles. The lowest BCUT2D eigenvalue weighted by Crippen LogP contribution is -2.42. The topological polar surface area (TPSA) is 47.6 Å². The first-order valence-corrected chi connectivity index (χ1v) is 19.4. The van der Waals surface area contributed by atoms with Crippen LogP contribution in [-0.4, -0.2) is 37.6 Å². The SMILES string of the molecule is C[Si](C)(C)NCCCP(=O)(O[Si](C)(C)C)O[Si](C)(C)C. The van der Waals surface area contributed by atoms with Gasteiger partial charge in [-0.1, -0.05) is 19.6 Å². The molecular formula is C12H34NO3PSi3. The van der Waals surface area contributed by atoms with E-state index in [9.17, 15) is 4.57 Å². The van der Waals surface area contributed by atoms with Gasteiger partial charge in [-0.25, -0.2) is 0 Å². The lowest BCUT2D eigenvalue weighted by atomic mass is 10.5. The van der Waals surface area contributed by atoms with Crippen LogP contribution in [0.3, 0.4) is 0 Å². The van der Waals surface area contributed by atoms with Crippen LogP contribution in [0.1, 0.15) is 6.42 Å². The van der Waals surface area contributed by atoms with Gasteiger partial charge in [0, 0.05) is 6.16 Å². The number of nitrogens with one attached hydrogen (secondary N) is 1. The highest BCUT2D eigenvalue weighted by Gasteiger charge is 2.35. The second kappa shape index (κ2) is 7.35. The van der Waals surface area contributed by atoms with Gasteiger partial charge in [-0.15, -0.1) is 0 Å². The molecule has 0 fully saturated rings. The van der Waals surface area contributed by atoms with Crippen molar-refractivity contribution in [1.29, 1.82) is 0 Å². The van der Waals surface area contributed by atoms with Crippen LogP contribution in [0.5, 0.6) is 0 Å². The molecule has 0 spiro atoms. The zero-order valence-electron chi connectivity index (χ0n) is 14.8. The fourth-order valence-corrected chi connectivity index (χ4v) is 11.0. The Morgan fingerprint density at radius 2 is 1.25 bits per heavy atom. The summed E-state index contributed by atoms with van der Waals surface area (Å²) in [6.07, 6.45) is 1.37. The van der Waals surface area contributed by atoms with Crippen molar-refractivity contribution in [2.75, 3.05) is 12.7 Å². The summed E-state index contributed by atoms with van der Waals surface area (Å²) < 4.78 is 24.8. The summed E-state index contributed by atoms with van der Waals surface area (Å²) >= 11 is 0. The van der Waals surface area contributed by atoms with Crippen molar-refractivity contribution in [1.82, 2.24) is 4.98 Å². The monoisotopic (exact) mass is 355 g/mol. The zero-order valence-corrected chi connectivity index (χ0v) is 18.7. The third kappa shape index (κ3) is 12.5. The standard InChI is InChI=1S/C12H34NO3PSi3/c1-18(2,3)13-11-10-12-17(14,15-19(4,5)6)16-20(7,8)9/h13H,10-12H2,1-9H3. The Morgan fingerprint density at radius 3 is 1.55 bits per heavy atom. The Hall–Kier alpha value is 0.761. The van der Waals surface area contributed by atoms with Gasteiger partial charge in [0.15, 0.2) is 16.6 Å². The van der Waals surface area contributed by atoms with E-state index in [0.29, 0.717) is 6.16 Å². The van der Waals surface area contributed by atoms with Gasteiger partial charge in [-0.3, -0.25) is 4.57 Å². The minimum atomic E-state index is -2.95. The highest BCUT2D eigenvalue weighted by Crippen LogP contribution is 2.53. The molecule has 0 aromatic rings. The molecule has 122 valence electrons. The number of hydrogen-bond acceptors (Lipinski definition) is 4. The van der Waals surface area contributed by atoms with Gasteiger partial charge in [0.25, 0.3) is 0 Å². The molecule has 0 amide bonds. The van der Waals surface area contributed by atoms with Gasteiger partial charge in [0.05, 0.1) is 0 Å². The van der Waals surface area contributed by atoms with Crippen LogP contribution in [-0.2, 0) is 13.0 Å². The molecule has 0 saturated carbocycles. The Labute approximate surface area is 128 Å². The Bertz CT molecular complexity index is 325. The van der Waals surface area contributed by atoms with E-state index in [2.05, 4.69) is 63.9 Å². The van der Waals surface area contributed by atoms with Crippen molar-refractivity contribution in [3.63, 3.8) is 0 Å². The van der Waals surface area contributed by atoms with Crippen LogP contribution in [0.25, 0.3) is 0 Å². The lowest BCUT2D eigenvalue weighted by Gasteiger charge is -2.31. The van der Waals surface area contributed by atoms with Crippen molar-refractivity contribution in [2.24, 2.45) is 0 Å². The van der Waals surface area contributed by atoms with Gasteiger partial charge in [0.2, 0.25) is 0 Å². The van der Waals surface area contributed by atoms with Crippen molar-refractivity contribution < 1.29 is 13.0 Å². The normalized spacial score (nSPS) is 14.7. The van der Waals surface area contributed by atoms with E-state index in [1.54, 1.807) is 0 Å². The van der Waals surface area contributed by atoms with Gasteiger partial charge < -0.3 is 13.4 Å². The van der Waals surface area contributed by atoms with E-state index in [4.69, 9.17) is 8.43 Å². The molecule has 0 rings (SSSR count). The molecule has 0 unspecified atom stereocenters. The zero-order chi connectivity index (χ0) is 16.2. The molecule has 0 aliphatic carbocycles. The third-order valence-electron chi connectivity index (χ3n) is 2.09. The summed E-state index contributed by atoms with van der Waals surface area (Å²) in [5.41, 5.74) is 0. The van der Waals surface area contributed by atoms with Crippen molar-refractivity contribution in [2.45, 2.75) is 65.3 Å². The molecule has 4 nitrogen and oxygen atoms in total. The fourth-order valence-electron chi connectivity index (χ4n) is 1.68. The molecule has 0 aromatic heterocycles. The maximum absolute atomic E-state index is 13.0. The largest absolute Gasteiger partial charge is 0.352 e. The molecule has 0 aliphatic rings. The molecule has 0 atom stereocenters.